The zero-order chi connectivity index (χ0) is 26.2. The summed E-state index contributed by atoms with van der Waals surface area (Å²) in [6.45, 7) is 0.276. The van der Waals surface area contributed by atoms with Crippen LogP contribution in [0.3, 0.4) is 0 Å². The number of rotatable bonds is 12. The van der Waals surface area contributed by atoms with Crippen LogP contribution in [0.15, 0.2) is 73.1 Å². The van der Waals surface area contributed by atoms with Crippen LogP contribution in [0.2, 0.25) is 0 Å². The molecule has 0 fully saturated rings. The number of nitrogens with two attached hydrogens (primary N) is 1. The van der Waals surface area contributed by atoms with E-state index in [1.54, 1.807) is 36.7 Å². The van der Waals surface area contributed by atoms with E-state index in [-0.39, 0.29) is 25.7 Å². The van der Waals surface area contributed by atoms with Crippen LogP contribution < -0.4 is 11.1 Å². The second kappa shape index (κ2) is 12.3. The van der Waals surface area contributed by atoms with E-state index < -0.39 is 17.3 Å². The summed E-state index contributed by atoms with van der Waals surface area (Å²) < 4.78 is 6.43. The highest BCUT2D eigenvalue weighted by Crippen LogP contribution is 2.31. The van der Waals surface area contributed by atoms with Gasteiger partial charge in [-0.1, -0.05) is 36.4 Å². The lowest BCUT2D eigenvalue weighted by Gasteiger charge is -2.23. The molecule has 0 bridgehead atoms. The number of carbonyl (C=O) groups excluding carboxylic acids is 1. The van der Waals surface area contributed by atoms with Gasteiger partial charge in [0.1, 0.15) is 19.4 Å². The van der Waals surface area contributed by atoms with Gasteiger partial charge in [-0.25, -0.2) is 4.79 Å². The van der Waals surface area contributed by atoms with Gasteiger partial charge in [0.25, 0.3) is 5.09 Å². The van der Waals surface area contributed by atoms with Gasteiger partial charge in [-0.3, -0.25) is 4.98 Å². The zero-order valence-corrected chi connectivity index (χ0v) is 20.6. The molecule has 0 aliphatic heterocycles. The zero-order valence-electron chi connectivity index (χ0n) is 19.8. The van der Waals surface area contributed by atoms with E-state index in [0.29, 0.717) is 12.0 Å². The predicted molar refractivity (Wildman–Crippen MR) is 140 cm³/mol. The van der Waals surface area contributed by atoms with Crippen molar-refractivity contribution in [1.29, 1.82) is 0 Å². The van der Waals surface area contributed by atoms with E-state index in [4.69, 9.17) is 10.5 Å². The summed E-state index contributed by atoms with van der Waals surface area (Å²) >= 11 is 1.51. The van der Waals surface area contributed by atoms with Crippen LogP contribution in [0.4, 0.5) is 5.00 Å². The Hall–Kier alpha value is -4.06. The smallest absolute Gasteiger partial charge is 0.338 e. The van der Waals surface area contributed by atoms with Crippen LogP contribution in [-0.2, 0) is 22.6 Å². The highest BCUT2D eigenvalue weighted by atomic mass is 32.1. The predicted octanol–water partition coefficient (Wildman–Crippen LogP) is 3.88. The number of benzene rings is 2. The van der Waals surface area contributed by atoms with E-state index in [1.807, 2.05) is 36.4 Å². The van der Waals surface area contributed by atoms with E-state index in [9.17, 15) is 20.0 Å². The molecule has 11 heteroatoms. The summed E-state index contributed by atoms with van der Waals surface area (Å²) in [6, 6.07) is 17.9. The SMILES string of the molecule is NC[C@H](c1ccc(COC(=O)c2ccc(CCO[N+](=O)[O-])cc2)cc1)[C@H](O)Nc1cc2ccncc2s1. The van der Waals surface area contributed by atoms with Gasteiger partial charge in [0.15, 0.2) is 0 Å². The monoisotopic (exact) mass is 522 g/mol. The first kappa shape index (κ1) is 26.0. The third-order valence-corrected chi connectivity index (χ3v) is 6.82. The molecular weight excluding hydrogens is 496 g/mol. The molecule has 0 saturated heterocycles. The topological polar surface area (TPSA) is 150 Å². The number of aliphatic hydroxyl groups is 1. The molecule has 4 rings (SSSR count). The number of carbonyl (C=O) groups is 1. The molecule has 0 aliphatic rings. The number of fused-ring (bicyclic) bond motifs is 1. The molecule has 0 radical (unpaired) electrons. The number of hydrogen-bond acceptors (Lipinski definition) is 10. The maximum atomic E-state index is 12.4. The molecule has 0 aliphatic carbocycles. The Morgan fingerprint density at radius 3 is 2.54 bits per heavy atom. The van der Waals surface area contributed by atoms with Crippen LogP contribution in [0.5, 0.6) is 0 Å². The lowest BCUT2D eigenvalue weighted by atomic mass is 9.96. The minimum absolute atomic E-state index is 0.0479. The largest absolute Gasteiger partial charge is 0.457 e. The Labute approximate surface area is 216 Å². The summed E-state index contributed by atoms with van der Waals surface area (Å²) in [5.41, 5.74) is 8.81. The van der Waals surface area contributed by atoms with Gasteiger partial charge in [-0.15, -0.1) is 21.5 Å². The minimum atomic E-state index is -0.885. The number of pyridine rings is 1. The summed E-state index contributed by atoms with van der Waals surface area (Å²) in [5.74, 6) is -0.815. The Morgan fingerprint density at radius 2 is 1.86 bits per heavy atom. The van der Waals surface area contributed by atoms with Crippen molar-refractivity contribution >= 4 is 32.4 Å². The molecule has 4 N–H and O–H groups in total. The Kier molecular flexibility index (Phi) is 8.62. The lowest BCUT2D eigenvalue weighted by molar-refractivity contribution is -0.757. The highest BCUT2D eigenvalue weighted by Gasteiger charge is 2.20. The second-order valence-electron chi connectivity index (χ2n) is 8.28. The maximum Gasteiger partial charge on any atom is 0.338 e. The fraction of sp³-hybridized carbons (Fsp3) is 0.231. The second-order valence-corrected chi connectivity index (χ2v) is 9.36. The van der Waals surface area contributed by atoms with Crippen molar-refractivity contribution in [2.45, 2.75) is 25.2 Å². The van der Waals surface area contributed by atoms with Gasteiger partial charge in [-0.05, 0) is 52.8 Å². The molecule has 0 amide bonds. The molecule has 0 unspecified atom stereocenters. The van der Waals surface area contributed by atoms with Gasteiger partial charge in [0.05, 0.1) is 15.3 Å². The number of ether oxygens (including phenoxy) is 1. The standard InChI is InChI=1S/C26H26N4O6S/c27-14-22(25(31)29-24-13-21-9-11-28-15-23(21)37-24)19-5-3-18(4-6-19)16-35-26(32)20-7-1-17(2-8-20)10-12-36-30(33)34/h1-9,11,13,15,22,25,29,31H,10,12,14,16,27H2/t22-,25+/m1/s1. The number of esters is 1. The van der Waals surface area contributed by atoms with E-state index >= 15 is 0 Å². The van der Waals surface area contributed by atoms with Gasteiger partial charge in [-0.2, -0.15) is 0 Å². The van der Waals surface area contributed by atoms with Crippen LogP contribution in [-0.4, -0.2) is 40.5 Å². The van der Waals surface area contributed by atoms with Gasteiger partial charge in [0, 0.05) is 24.9 Å². The first-order valence-corrected chi connectivity index (χ1v) is 12.3. The number of anilines is 1. The summed E-state index contributed by atoms with van der Waals surface area (Å²) in [5, 5.41) is 25.2. The fourth-order valence-electron chi connectivity index (χ4n) is 3.79. The molecule has 2 aromatic heterocycles. The minimum Gasteiger partial charge on any atom is -0.457 e. The van der Waals surface area contributed by atoms with E-state index in [0.717, 1.165) is 31.8 Å². The molecule has 10 nitrogen and oxygen atoms in total. The van der Waals surface area contributed by atoms with Crippen molar-refractivity contribution < 1.29 is 24.6 Å². The Morgan fingerprint density at radius 1 is 1.14 bits per heavy atom. The van der Waals surface area contributed by atoms with Crippen molar-refractivity contribution in [1.82, 2.24) is 4.98 Å². The molecular formula is C26H26N4O6S. The van der Waals surface area contributed by atoms with Crippen molar-refractivity contribution in [2.24, 2.45) is 5.73 Å². The third-order valence-electron chi connectivity index (χ3n) is 5.80. The lowest BCUT2D eigenvalue weighted by Crippen LogP contribution is -2.32. The summed E-state index contributed by atoms with van der Waals surface area (Å²) in [4.78, 5) is 31.0. The quantitative estimate of drug-likeness (QED) is 0.109. The van der Waals surface area contributed by atoms with Crippen LogP contribution in [0.1, 0.15) is 33.0 Å². The molecule has 2 heterocycles. The molecule has 0 saturated carbocycles. The molecule has 37 heavy (non-hydrogen) atoms. The average molecular weight is 523 g/mol. The molecule has 4 aromatic rings. The van der Waals surface area contributed by atoms with Crippen LogP contribution in [0.25, 0.3) is 10.1 Å². The molecule has 0 spiro atoms. The van der Waals surface area contributed by atoms with Gasteiger partial charge >= 0.3 is 5.97 Å². The Balaban J connectivity index is 1.30. The number of thiophene rings is 1. The van der Waals surface area contributed by atoms with Crippen molar-refractivity contribution in [3.63, 3.8) is 0 Å². The summed E-state index contributed by atoms with van der Waals surface area (Å²) in [7, 11) is 0. The normalized spacial score (nSPS) is 12.6. The van der Waals surface area contributed by atoms with Crippen molar-refractivity contribution in [3.8, 4) is 0 Å². The fourth-order valence-corrected chi connectivity index (χ4v) is 4.75. The van der Waals surface area contributed by atoms with Crippen molar-refractivity contribution in [3.05, 3.63) is 105 Å². The molecule has 192 valence electrons. The van der Waals surface area contributed by atoms with Crippen LogP contribution >= 0.6 is 11.3 Å². The number of hydrogen-bond donors (Lipinski definition) is 3. The first-order chi connectivity index (χ1) is 17.9. The van der Waals surface area contributed by atoms with E-state index in [1.165, 1.54) is 11.3 Å². The average Bonchev–Trinajstić information content (AvgIpc) is 3.31. The molecule has 2 aromatic carbocycles. The number of nitrogens with zero attached hydrogens (tertiary/aromatic N) is 2. The Bertz CT molecular complexity index is 1310. The maximum absolute atomic E-state index is 12.4. The number of aliphatic hydroxyl groups excluding tert-OH is 1. The number of aromatic nitrogens is 1. The summed E-state index contributed by atoms with van der Waals surface area (Å²) in [6.07, 6.45) is 2.99. The van der Waals surface area contributed by atoms with Crippen molar-refractivity contribution in [2.75, 3.05) is 18.5 Å². The first-order valence-electron chi connectivity index (χ1n) is 11.5. The number of nitrogens with one attached hydrogen (secondary N) is 1. The van der Waals surface area contributed by atoms with Crippen LogP contribution in [0, 0.1) is 10.1 Å². The molecule has 2 atom stereocenters. The van der Waals surface area contributed by atoms with Gasteiger partial charge < -0.3 is 25.7 Å². The van der Waals surface area contributed by atoms with Gasteiger partial charge in [0.2, 0.25) is 0 Å². The highest BCUT2D eigenvalue weighted by molar-refractivity contribution is 7.22. The third kappa shape index (κ3) is 7.00. The van der Waals surface area contributed by atoms with E-state index in [2.05, 4.69) is 15.1 Å².